The number of hydrogen-bond donors (Lipinski definition) is 0. The molecule has 0 spiro atoms. The molecule has 0 fully saturated rings. The van der Waals surface area contributed by atoms with Gasteiger partial charge in [-0.2, -0.15) is 0 Å². The molecule has 0 bridgehead atoms. The highest BCUT2D eigenvalue weighted by Gasteiger charge is 2.24. The first-order valence-electron chi connectivity index (χ1n) is 7.57. The van der Waals surface area contributed by atoms with Crippen LogP contribution in [0.1, 0.15) is 17.3 Å². The third-order valence-electron chi connectivity index (χ3n) is 3.44. The van der Waals surface area contributed by atoms with E-state index in [0.717, 1.165) is 0 Å². The molecule has 5 nitrogen and oxygen atoms in total. The number of rotatable bonds is 6. The summed E-state index contributed by atoms with van der Waals surface area (Å²) in [5.74, 6) is 1.84. The minimum Gasteiger partial charge on any atom is -0.493 e. The first kappa shape index (κ1) is 15.2. The van der Waals surface area contributed by atoms with Crippen LogP contribution in [0.3, 0.4) is 0 Å². The Labute approximate surface area is 135 Å². The fourth-order valence-electron chi connectivity index (χ4n) is 2.33. The lowest BCUT2D eigenvalue weighted by Gasteiger charge is -2.28. The summed E-state index contributed by atoms with van der Waals surface area (Å²) < 4.78 is 16.6. The Morgan fingerprint density at radius 2 is 1.91 bits per heavy atom. The minimum absolute atomic E-state index is 0.0394. The zero-order chi connectivity index (χ0) is 16.1. The molecule has 2 aromatic carbocycles. The van der Waals surface area contributed by atoms with Gasteiger partial charge in [0, 0.05) is 0 Å². The molecule has 0 saturated heterocycles. The first-order chi connectivity index (χ1) is 11.3. The summed E-state index contributed by atoms with van der Waals surface area (Å²) in [4.78, 5) is 14.0. The van der Waals surface area contributed by atoms with E-state index >= 15 is 0 Å². The van der Waals surface area contributed by atoms with Gasteiger partial charge < -0.3 is 19.1 Å². The number of fused-ring (bicyclic) bond motifs is 1. The van der Waals surface area contributed by atoms with Crippen molar-refractivity contribution >= 4 is 5.91 Å². The van der Waals surface area contributed by atoms with Crippen molar-refractivity contribution in [2.24, 2.45) is 0 Å². The summed E-state index contributed by atoms with van der Waals surface area (Å²) in [6, 6.07) is 15.8. The van der Waals surface area contributed by atoms with Gasteiger partial charge in [0.2, 0.25) is 0 Å². The zero-order valence-corrected chi connectivity index (χ0v) is 13.0. The number of nitrogens with zero attached hydrogens (tertiary/aromatic N) is 1. The Hall–Kier alpha value is -2.69. The van der Waals surface area contributed by atoms with E-state index in [4.69, 9.17) is 14.2 Å². The van der Waals surface area contributed by atoms with Gasteiger partial charge in [-0.1, -0.05) is 18.2 Å². The molecule has 1 radical (unpaired) electrons. The van der Waals surface area contributed by atoms with Gasteiger partial charge in [0.25, 0.3) is 5.91 Å². The van der Waals surface area contributed by atoms with Crippen LogP contribution in [0, 0.1) is 6.07 Å². The Morgan fingerprint density at radius 1 is 1.13 bits per heavy atom. The largest absolute Gasteiger partial charge is 0.493 e. The normalized spacial score (nSPS) is 13.3. The number of carbonyl (C=O) groups is 1. The monoisotopic (exact) mass is 312 g/mol. The average molecular weight is 312 g/mol. The van der Waals surface area contributed by atoms with E-state index in [9.17, 15) is 4.79 Å². The van der Waals surface area contributed by atoms with Gasteiger partial charge in [0.15, 0.2) is 6.73 Å². The molecule has 0 aliphatic carbocycles. The van der Waals surface area contributed by atoms with Crippen LogP contribution in [0.5, 0.6) is 17.2 Å². The van der Waals surface area contributed by atoms with Crippen LogP contribution in [-0.4, -0.2) is 37.3 Å². The molecule has 0 saturated carbocycles. The van der Waals surface area contributed by atoms with Gasteiger partial charge in [-0.3, -0.25) is 4.79 Å². The van der Waals surface area contributed by atoms with Crippen molar-refractivity contribution in [3.63, 3.8) is 0 Å². The van der Waals surface area contributed by atoms with Crippen LogP contribution in [-0.2, 0) is 0 Å². The number of hydrogen-bond acceptors (Lipinski definition) is 4. The fraction of sp³-hybridized carbons (Fsp3) is 0.278. The molecule has 0 atom stereocenters. The van der Waals surface area contributed by atoms with Gasteiger partial charge >= 0.3 is 0 Å². The van der Waals surface area contributed by atoms with E-state index in [0.29, 0.717) is 42.6 Å². The molecule has 1 amide bonds. The van der Waals surface area contributed by atoms with Gasteiger partial charge in [0.05, 0.1) is 24.8 Å². The molecule has 3 rings (SSSR count). The van der Waals surface area contributed by atoms with Crippen molar-refractivity contribution in [2.75, 3.05) is 26.5 Å². The summed E-state index contributed by atoms with van der Waals surface area (Å²) in [5, 5.41) is 0. The maximum atomic E-state index is 12.4. The molecular weight excluding hydrogens is 294 g/mol. The third-order valence-corrected chi connectivity index (χ3v) is 3.44. The average Bonchev–Trinajstić information content (AvgIpc) is 2.58. The van der Waals surface area contributed by atoms with Crippen LogP contribution in [0.4, 0.5) is 0 Å². The molecule has 1 heterocycles. The molecule has 0 aromatic heterocycles. The molecule has 1 aliphatic heterocycles. The van der Waals surface area contributed by atoms with Gasteiger partial charge in [-0.15, -0.1) is 0 Å². The second-order valence-corrected chi connectivity index (χ2v) is 5.00. The third kappa shape index (κ3) is 3.56. The Bertz CT molecular complexity index is 686. The number of carbonyl (C=O) groups excluding carboxylic acids is 1. The van der Waals surface area contributed by atoms with Crippen molar-refractivity contribution in [1.29, 1.82) is 0 Å². The molecule has 0 N–H and O–H groups in total. The number of benzene rings is 2. The van der Waals surface area contributed by atoms with Crippen LogP contribution >= 0.6 is 0 Å². The summed E-state index contributed by atoms with van der Waals surface area (Å²) in [6.07, 6.45) is 0. The molecule has 0 unspecified atom stereocenters. The lowest BCUT2D eigenvalue weighted by atomic mass is 10.1. The zero-order valence-electron chi connectivity index (χ0n) is 13.0. The SMILES string of the molecule is CCOc1[c]c(OCCN2COc3ccccc3C2=O)ccc1. The smallest absolute Gasteiger partial charge is 0.260 e. The predicted molar refractivity (Wildman–Crippen MR) is 84.9 cm³/mol. The van der Waals surface area contributed by atoms with E-state index in [1.165, 1.54) is 0 Å². The highest BCUT2D eigenvalue weighted by atomic mass is 16.5. The van der Waals surface area contributed by atoms with E-state index in [-0.39, 0.29) is 12.6 Å². The Balaban J connectivity index is 1.55. The lowest BCUT2D eigenvalue weighted by Crippen LogP contribution is -2.40. The predicted octanol–water partition coefficient (Wildman–Crippen LogP) is 2.76. The molecule has 1 aliphatic rings. The van der Waals surface area contributed by atoms with Crippen LogP contribution in [0.15, 0.2) is 42.5 Å². The highest BCUT2D eigenvalue weighted by Crippen LogP contribution is 2.24. The summed E-state index contributed by atoms with van der Waals surface area (Å²) >= 11 is 0. The molecule has 23 heavy (non-hydrogen) atoms. The highest BCUT2D eigenvalue weighted by molar-refractivity contribution is 5.97. The number of ether oxygens (including phenoxy) is 3. The fourth-order valence-corrected chi connectivity index (χ4v) is 2.33. The van der Waals surface area contributed by atoms with Gasteiger partial charge in [0.1, 0.15) is 23.9 Å². The van der Waals surface area contributed by atoms with Crippen molar-refractivity contribution in [1.82, 2.24) is 4.90 Å². The molecule has 119 valence electrons. The van der Waals surface area contributed by atoms with Crippen molar-refractivity contribution in [2.45, 2.75) is 6.92 Å². The van der Waals surface area contributed by atoms with Gasteiger partial charge in [-0.05, 0) is 31.2 Å². The quantitative estimate of drug-likeness (QED) is 0.823. The van der Waals surface area contributed by atoms with Crippen molar-refractivity contribution in [3.05, 3.63) is 54.1 Å². The number of amides is 1. The van der Waals surface area contributed by atoms with Crippen LogP contribution in [0.25, 0.3) is 0 Å². The molecule has 5 heteroatoms. The maximum absolute atomic E-state index is 12.4. The van der Waals surface area contributed by atoms with E-state index in [1.54, 1.807) is 17.0 Å². The van der Waals surface area contributed by atoms with Crippen LogP contribution < -0.4 is 14.2 Å². The Morgan fingerprint density at radius 3 is 2.74 bits per heavy atom. The second kappa shape index (κ2) is 7.05. The first-order valence-corrected chi connectivity index (χ1v) is 7.57. The second-order valence-electron chi connectivity index (χ2n) is 5.00. The summed E-state index contributed by atoms with van der Waals surface area (Å²) in [6.45, 7) is 3.55. The van der Waals surface area contributed by atoms with E-state index in [2.05, 4.69) is 6.07 Å². The molecule has 2 aromatic rings. The minimum atomic E-state index is -0.0394. The lowest BCUT2D eigenvalue weighted by molar-refractivity contribution is 0.0481. The van der Waals surface area contributed by atoms with Crippen molar-refractivity contribution in [3.8, 4) is 17.2 Å². The summed E-state index contributed by atoms with van der Waals surface area (Å²) in [7, 11) is 0. The van der Waals surface area contributed by atoms with Gasteiger partial charge in [-0.25, -0.2) is 0 Å². The van der Waals surface area contributed by atoms with E-state index in [1.807, 2.05) is 37.3 Å². The van der Waals surface area contributed by atoms with E-state index < -0.39 is 0 Å². The van der Waals surface area contributed by atoms with Crippen LogP contribution in [0.2, 0.25) is 0 Å². The van der Waals surface area contributed by atoms with Crippen molar-refractivity contribution < 1.29 is 19.0 Å². The summed E-state index contributed by atoms with van der Waals surface area (Å²) in [5.41, 5.74) is 0.587. The topological polar surface area (TPSA) is 48.0 Å². The standard InChI is InChI=1S/C18H18NO4/c1-2-21-14-6-5-7-15(12-14)22-11-10-19-13-23-17-9-4-3-8-16(17)18(19)20/h3-9H,2,10-11,13H2,1H3. The number of para-hydroxylation sites is 1. The molecular formula is C18H18NO4. The maximum Gasteiger partial charge on any atom is 0.260 e. The Kier molecular flexibility index (Phi) is 4.66.